The van der Waals surface area contributed by atoms with Crippen LogP contribution in [-0.2, 0) is 4.79 Å². The van der Waals surface area contributed by atoms with Crippen LogP contribution >= 0.6 is 0 Å². The van der Waals surface area contributed by atoms with Crippen LogP contribution in [0.15, 0.2) is 34.9 Å². The lowest BCUT2D eigenvalue weighted by molar-refractivity contribution is -0.127. The standard InChI is InChI=1S/C12H12O3/c1-2-10(13)12(14)9-7-15-11-6-4-3-5-8(9)11/h3-7,12,14H,2H2,1H3. The minimum absolute atomic E-state index is 0.193. The molecule has 0 radical (unpaired) electrons. The third-order valence-corrected chi connectivity index (χ3v) is 2.46. The summed E-state index contributed by atoms with van der Waals surface area (Å²) in [5.74, 6) is -0.193. The van der Waals surface area contributed by atoms with Crippen molar-refractivity contribution in [2.24, 2.45) is 0 Å². The summed E-state index contributed by atoms with van der Waals surface area (Å²) in [6.07, 6.45) is 0.697. The van der Waals surface area contributed by atoms with Crippen LogP contribution in [0.5, 0.6) is 0 Å². The van der Waals surface area contributed by atoms with Crippen LogP contribution in [-0.4, -0.2) is 10.9 Å². The molecule has 0 aliphatic carbocycles. The Balaban J connectivity index is 2.48. The van der Waals surface area contributed by atoms with Crippen molar-refractivity contribution < 1.29 is 14.3 Å². The Kier molecular flexibility index (Phi) is 2.56. The zero-order chi connectivity index (χ0) is 10.8. The molecule has 3 nitrogen and oxygen atoms in total. The number of aliphatic hydroxyl groups is 1. The number of carbonyl (C=O) groups excluding carboxylic acids is 1. The number of fused-ring (bicyclic) bond motifs is 1. The predicted octanol–water partition coefficient (Wildman–Crippen LogP) is 2.45. The monoisotopic (exact) mass is 204 g/mol. The van der Waals surface area contributed by atoms with Gasteiger partial charge in [0, 0.05) is 17.4 Å². The number of hydrogen-bond acceptors (Lipinski definition) is 3. The van der Waals surface area contributed by atoms with E-state index in [-0.39, 0.29) is 5.78 Å². The molecule has 0 amide bonds. The molecule has 2 aromatic rings. The van der Waals surface area contributed by atoms with Gasteiger partial charge in [-0.2, -0.15) is 0 Å². The summed E-state index contributed by atoms with van der Waals surface area (Å²) in [6.45, 7) is 1.73. The summed E-state index contributed by atoms with van der Waals surface area (Å²) in [6, 6.07) is 7.34. The summed E-state index contributed by atoms with van der Waals surface area (Å²) >= 11 is 0. The molecule has 0 fully saturated rings. The maximum absolute atomic E-state index is 11.4. The molecule has 0 aliphatic rings. The van der Waals surface area contributed by atoms with E-state index in [4.69, 9.17) is 4.42 Å². The Hall–Kier alpha value is -1.61. The maximum atomic E-state index is 11.4. The van der Waals surface area contributed by atoms with Gasteiger partial charge < -0.3 is 9.52 Å². The van der Waals surface area contributed by atoms with Crippen LogP contribution in [0.2, 0.25) is 0 Å². The molecule has 1 N–H and O–H groups in total. The highest BCUT2D eigenvalue weighted by molar-refractivity contribution is 5.90. The quantitative estimate of drug-likeness (QED) is 0.835. The lowest BCUT2D eigenvalue weighted by Crippen LogP contribution is -2.09. The molecule has 1 unspecified atom stereocenters. The Morgan fingerprint density at radius 2 is 2.20 bits per heavy atom. The number of rotatable bonds is 3. The minimum Gasteiger partial charge on any atom is -0.464 e. The number of Topliss-reactive ketones (excluding diaryl/α,β-unsaturated/α-hetero) is 1. The van der Waals surface area contributed by atoms with Crippen LogP contribution in [0.1, 0.15) is 25.0 Å². The van der Waals surface area contributed by atoms with Gasteiger partial charge in [-0.25, -0.2) is 0 Å². The van der Waals surface area contributed by atoms with E-state index in [1.54, 1.807) is 6.92 Å². The summed E-state index contributed by atoms with van der Waals surface area (Å²) in [5.41, 5.74) is 1.24. The van der Waals surface area contributed by atoms with Gasteiger partial charge in [0.2, 0.25) is 0 Å². The van der Waals surface area contributed by atoms with Gasteiger partial charge in [0.15, 0.2) is 5.78 Å². The molecule has 1 heterocycles. The van der Waals surface area contributed by atoms with Gasteiger partial charge in [0.05, 0.1) is 6.26 Å². The summed E-state index contributed by atoms with van der Waals surface area (Å²) in [5, 5.41) is 10.6. The molecule has 1 aromatic carbocycles. The van der Waals surface area contributed by atoms with Crippen molar-refractivity contribution in [3.63, 3.8) is 0 Å². The van der Waals surface area contributed by atoms with Crippen LogP contribution in [0.3, 0.4) is 0 Å². The SMILES string of the molecule is CCC(=O)C(O)c1coc2ccccc12. The summed E-state index contributed by atoms with van der Waals surface area (Å²) < 4.78 is 5.25. The van der Waals surface area contributed by atoms with Gasteiger partial charge in [-0.05, 0) is 6.07 Å². The van der Waals surface area contributed by atoms with Crippen molar-refractivity contribution in [2.45, 2.75) is 19.4 Å². The van der Waals surface area contributed by atoms with Crippen molar-refractivity contribution in [2.75, 3.05) is 0 Å². The molecule has 78 valence electrons. The number of ketones is 1. The second kappa shape index (κ2) is 3.87. The first kappa shape index (κ1) is 9.93. The Morgan fingerprint density at radius 1 is 1.47 bits per heavy atom. The number of benzene rings is 1. The highest BCUT2D eigenvalue weighted by atomic mass is 16.3. The van der Waals surface area contributed by atoms with Gasteiger partial charge in [-0.3, -0.25) is 4.79 Å². The zero-order valence-corrected chi connectivity index (χ0v) is 8.43. The summed E-state index contributed by atoms with van der Waals surface area (Å²) in [7, 11) is 0. The molecule has 15 heavy (non-hydrogen) atoms. The first-order chi connectivity index (χ1) is 7.24. The fraction of sp³-hybridized carbons (Fsp3) is 0.250. The molecule has 0 spiro atoms. The first-order valence-corrected chi connectivity index (χ1v) is 4.91. The van der Waals surface area contributed by atoms with Gasteiger partial charge in [0.25, 0.3) is 0 Å². The van der Waals surface area contributed by atoms with Crippen molar-refractivity contribution in [1.82, 2.24) is 0 Å². The predicted molar refractivity (Wildman–Crippen MR) is 56.5 cm³/mol. The highest BCUT2D eigenvalue weighted by Crippen LogP contribution is 2.27. The van der Waals surface area contributed by atoms with Crippen molar-refractivity contribution in [1.29, 1.82) is 0 Å². The molecule has 3 heteroatoms. The fourth-order valence-corrected chi connectivity index (χ4v) is 1.58. The minimum atomic E-state index is -1.07. The fourth-order valence-electron chi connectivity index (χ4n) is 1.58. The first-order valence-electron chi connectivity index (χ1n) is 4.91. The Morgan fingerprint density at radius 3 is 2.93 bits per heavy atom. The second-order valence-corrected chi connectivity index (χ2v) is 3.41. The largest absolute Gasteiger partial charge is 0.464 e. The van der Waals surface area contributed by atoms with E-state index in [1.807, 2.05) is 24.3 Å². The number of aliphatic hydroxyl groups excluding tert-OH is 1. The average molecular weight is 204 g/mol. The lowest BCUT2D eigenvalue weighted by Gasteiger charge is -2.05. The van der Waals surface area contributed by atoms with Crippen molar-refractivity contribution in [3.05, 3.63) is 36.1 Å². The number of para-hydroxylation sites is 1. The van der Waals surface area contributed by atoms with E-state index >= 15 is 0 Å². The van der Waals surface area contributed by atoms with Gasteiger partial charge >= 0.3 is 0 Å². The van der Waals surface area contributed by atoms with E-state index in [1.165, 1.54) is 6.26 Å². The van der Waals surface area contributed by atoms with Gasteiger partial charge in [-0.15, -0.1) is 0 Å². The third-order valence-electron chi connectivity index (χ3n) is 2.46. The second-order valence-electron chi connectivity index (χ2n) is 3.41. The average Bonchev–Trinajstić information content (AvgIpc) is 2.70. The smallest absolute Gasteiger partial charge is 0.165 e. The molecule has 0 saturated carbocycles. The molecule has 0 saturated heterocycles. The number of furan rings is 1. The van der Waals surface area contributed by atoms with E-state index in [9.17, 15) is 9.90 Å². The molecule has 1 atom stereocenters. The van der Waals surface area contributed by atoms with Crippen LogP contribution < -0.4 is 0 Å². The van der Waals surface area contributed by atoms with Crippen LogP contribution in [0, 0.1) is 0 Å². The van der Waals surface area contributed by atoms with E-state index in [2.05, 4.69) is 0 Å². The van der Waals surface area contributed by atoms with Gasteiger partial charge in [-0.1, -0.05) is 25.1 Å². The van der Waals surface area contributed by atoms with E-state index in [0.29, 0.717) is 17.6 Å². The number of hydrogen-bond donors (Lipinski definition) is 1. The van der Waals surface area contributed by atoms with Crippen molar-refractivity contribution >= 4 is 16.8 Å². The molecule has 0 bridgehead atoms. The van der Waals surface area contributed by atoms with Crippen LogP contribution in [0.4, 0.5) is 0 Å². The zero-order valence-electron chi connectivity index (χ0n) is 8.43. The lowest BCUT2D eigenvalue weighted by atomic mass is 10.0. The molecule has 2 rings (SSSR count). The Labute approximate surface area is 87.3 Å². The number of carbonyl (C=O) groups is 1. The van der Waals surface area contributed by atoms with Crippen LogP contribution in [0.25, 0.3) is 11.0 Å². The third kappa shape index (κ3) is 1.66. The summed E-state index contributed by atoms with van der Waals surface area (Å²) in [4.78, 5) is 11.4. The maximum Gasteiger partial charge on any atom is 0.165 e. The highest BCUT2D eigenvalue weighted by Gasteiger charge is 2.19. The van der Waals surface area contributed by atoms with Crippen molar-refractivity contribution in [3.8, 4) is 0 Å². The Bertz CT molecular complexity index is 484. The normalized spacial score (nSPS) is 12.9. The molecular formula is C12H12O3. The van der Waals surface area contributed by atoms with Gasteiger partial charge in [0.1, 0.15) is 11.7 Å². The molecule has 0 aliphatic heterocycles. The van der Waals surface area contributed by atoms with E-state index < -0.39 is 6.10 Å². The molecular weight excluding hydrogens is 192 g/mol. The molecule has 1 aromatic heterocycles. The van der Waals surface area contributed by atoms with E-state index in [0.717, 1.165) is 5.39 Å². The topological polar surface area (TPSA) is 50.4 Å².